The molecule has 0 radical (unpaired) electrons. The zero-order valence-electron chi connectivity index (χ0n) is 19.7. The van der Waals surface area contributed by atoms with Crippen LogP contribution in [-0.4, -0.2) is 72.0 Å². The number of ether oxygens (including phenoxy) is 1. The normalized spacial score (nSPS) is 29.3. The molecule has 3 amide bonds. The minimum absolute atomic E-state index is 0.0446. The Labute approximate surface area is 191 Å². The van der Waals surface area contributed by atoms with Crippen LogP contribution in [-0.2, 0) is 19.1 Å². The number of hydrogen-bond acceptors (Lipinski definition) is 5. The molecule has 7 heteroatoms. The highest BCUT2D eigenvalue weighted by Crippen LogP contribution is 2.37. The molecule has 1 saturated carbocycles. The van der Waals surface area contributed by atoms with E-state index >= 15 is 0 Å². The fraction of sp³-hybridized carbons (Fsp3) is 0.800. The molecule has 3 fully saturated rings. The molecule has 0 spiro atoms. The van der Waals surface area contributed by atoms with E-state index < -0.39 is 6.04 Å². The van der Waals surface area contributed by atoms with Gasteiger partial charge >= 0.3 is 0 Å². The molecule has 4 aliphatic rings. The van der Waals surface area contributed by atoms with Crippen LogP contribution < -0.4 is 5.32 Å². The molecule has 0 aromatic carbocycles. The van der Waals surface area contributed by atoms with Gasteiger partial charge in [0.2, 0.25) is 17.7 Å². The van der Waals surface area contributed by atoms with Crippen molar-refractivity contribution in [2.75, 3.05) is 32.8 Å². The van der Waals surface area contributed by atoms with Gasteiger partial charge in [-0.1, -0.05) is 45.3 Å². The molecular formula is C25H39N3O4. The SMILES string of the molecule is CC(C)CC(C(=O)NCC1(N2CCOCC2)CCCCC1)N1C(=O)C2CC=CCC2C1=O. The number of carbonyl (C=O) groups is 3. The minimum Gasteiger partial charge on any atom is -0.379 e. The second-order valence-electron chi connectivity index (χ2n) is 10.4. The Morgan fingerprint density at radius 1 is 1.06 bits per heavy atom. The standard InChI is InChI=1S/C25H39N3O4/c1-18(2)16-21(28-23(30)19-8-4-5-9-20(19)24(28)31)22(29)26-17-25(10-6-3-7-11-25)27-12-14-32-15-13-27/h4-5,18-21H,3,6-17H2,1-2H3,(H,26,29). The van der Waals surface area contributed by atoms with E-state index in [0.717, 1.165) is 39.1 Å². The fourth-order valence-electron chi connectivity index (χ4n) is 6.13. The number of imide groups is 1. The molecule has 3 atom stereocenters. The van der Waals surface area contributed by atoms with E-state index in [0.29, 0.717) is 25.8 Å². The molecule has 2 aliphatic carbocycles. The van der Waals surface area contributed by atoms with Gasteiger partial charge in [0.15, 0.2) is 0 Å². The van der Waals surface area contributed by atoms with Gasteiger partial charge in [-0.3, -0.25) is 24.2 Å². The maximum atomic E-state index is 13.5. The third kappa shape index (κ3) is 4.65. The molecule has 1 N–H and O–H groups in total. The van der Waals surface area contributed by atoms with E-state index in [1.807, 2.05) is 26.0 Å². The molecule has 0 aromatic heterocycles. The number of rotatable bonds is 7. The van der Waals surface area contributed by atoms with Gasteiger partial charge in [0.25, 0.3) is 0 Å². The van der Waals surface area contributed by atoms with Crippen LogP contribution in [0.4, 0.5) is 0 Å². The number of allylic oxidation sites excluding steroid dienone is 2. The topological polar surface area (TPSA) is 79.0 Å². The van der Waals surface area contributed by atoms with Crippen LogP contribution in [0.2, 0.25) is 0 Å². The van der Waals surface area contributed by atoms with Gasteiger partial charge in [-0.05, 0) is 38.0 Å². The molecule has 32 heavy (non-hydrogen) atoms. The van der Waals surface area contributed by atoms with Crippen molar-refractivity contribution in [2.45, 2.75) is 76.8 Å². The number of morpholine rings is 1. The van der Waals surface area contributed by atoms with Crippen LogP contribution in [0.15, 0.2) is 12.2 Å². The van der Waals surface area contributed by atoms with Crippen molar-refractivity contribution in [2.24, 2.45) is 17.8 Å². The first kappa shape index (κ1) is 23.4. The number of amides is 3. The second kappa shape index (κ2) is 10.0. The van der Waals surface area contributed by atoms with Crippen molar-refractivity contribution in [3.8, 4) is 0 Å². The Bertz CT molecular complexity index is 711. The summed E-state index contributed by atoms with van der Waals surface area (Å²) in [6, 6.07) is -0.717. The summed E-state index contributed by atoms with van der Waals surface area (Å²) in [5.41, 5.74) is -0.0446. The van der Waals surface area contributed by atoms with Gasteiger partial charge in [0, 0.05) is 25.2 Å². The number of hydrogen-bond donors (Lipinski definition) is 1. The Morgan fingerprint density at radius 2 is 1.66 bits per heavy atom. The van der Waals surface area contributed by atoms with Gasteiger partial charge in [-0.2, -0.15) is 0 Å². The number of nitrogens with one attached hydrogen (secondary N) is 1. The summed E-state index contributed by atoms with van der Waals surface area (Å²) in [4.78, 5) is 43.7. The first-order chi connectivity index (χ1) is 15.4. The lowest BCUT2D eigenvalue weighted by Crippen LogP contribution is -2.61. The van der Waals surface area contributed by atoms with Crippen LogP contribution >= 0.6 is 0 Å². The summed E-state index contributed by atoms with van der Waals surface area (Å²) in [6.07, 6.45) is 11.4. The summed E-state index contributed by atoms with van der Waals surface area (Å²) in [5, 5.41) is 3.21. The quantitative estimate of drug-likeness (QED) is 0.481. The summed E-state index contributed by atoms with van der Waals surface area (Å²) < 4.78 is 5.56. The van der Waals surface area contributed by atoms with Crippen molar-refractivity contribution < 1.29 is 19.1 Å². The number of carbonyl (C=O) groups excluding carboxylic acids is 3. The lowest BCUT2D eigenvalue weighted by Gasteiger charge is -2.48. The zero-order valence-corrected chi connectivity index (χ0v) is 19.7. The number of nitrogens with zero attached hydrogens (tertiary/aromatic N) is 2. The Hall–Kier alpha value is -1.73. The van der Waals surface area contributed by atoms with E-state index in [-0.39, 0.29) is 41.0 Å². The van der Waals surface area contributed by atoms with Gasteiger partial charge in [0.05, 0.1) is 25.0 Å². The van der Waals surface area contributed by atoms with Crippen molar-refractivity contribution in [3.63, 3.8) is 0 Å². The summed E-state index contributed by atoms with van der Waals surface area (Å²) >= 11 is 0. The van der Waals surface area contributed by atoms with E-state index in [2.05, 4.69) is 10.2 Å². The largest absolute Gasteiger partial charge is 0.379 e. The molecule has 7 nitrogen and oxygen atoms in total. The van der Waals surface area contributed by atoms with E-state index in [4.69, 9.17) is 4.74 Å². The fourth-order valence-corrected chi connectivity index (χ4v) is 6.13. The smallest absolute Gasteiger partial charge is 0.243 e. The summed E-state index contributed by atoms with van der Waals surface area (Å²) in [6.45, 7) is 7.91. The van der Waals surface area contributed by atoms with E-state index in [1.54, 1.807) is 0 Å². The number of likely N-dealkylation sites (tertiary alicyclic amines) is 1. The van der Waals surface area contributed by atoms with Crippen molar-refractivity contribution in [1.82, 2.24) is 15.1 Å². The Kier molecular flexibility index (Phi) is 7.35. The molecule has 2 heterocycles. The van der Waals surface area contributed by atoms with E-state index in [1.165, 1.54) is 24.2 Å². The maximum Gasteiger partial charge on any atom is 0.243 e. The molecule has 3 unspecified atom stereocenters. The van der Waals surface area contributed by atoms with Gasteiger partial charge < -0.3 is 10.1 Å². The van der Waals surface area contributed by atoms with Crippen molar-refractivity contribution in [1.29, 1.82) is 0 Å². The first-order valence-electron chi connectivity index (χ1n) is 12.6. The van der Waals surface area contributed by atoms with Crippen molar-refractivity contribution in [3.05, 3.63) is 12.2 Å². The molecule has 178 valence electrons. The molecular weight excluding hydrogens is 406 g/mol. The minimum atomic E-state index is -0.717. The average molecular weight is 446 g/mol. The third-order valence-electron chi connectivity index (χ3n) is 7.91. The monoisotopic (exact) mass is 445 g/mol. The summed E-state index contributed by atoms with van der Waals surface area (Å²) in [5.74, 6) is -0.891. The van der Waals surface area contributed by atoms with Gasteiger partial charge in [0.1, 0.15) is 6.04 Å². The zero-order chi connectivity index (χ0) is 22.7. The third-order valence-corrected chi connectivity index (χ3v) is 7.91. The van der Waals surface area contributed by atoms with Gasteiger partial charge in [-0.25, -0.2) is 0 Å². The van der Waals surface area contributed by atoms with Crippen LogP contribution in [0.5, 0.6) is 0 Å². The highest BCUT2D eigenvalue weighted by molar-refractivity contribution is 6.08. The van der Waals surface area contributed by atoms with Crippen LogP contribution in [0.25, 0.3) is 0 Å². The molecule has 0 aromatic rings. The molecule has 2 aliphatic heterocycles. The van der Waals surface area contributed by atoms with Crippen LogP contribution in [0, 0.1) is 17.8 Å². The first-order valence-corrected chi connectivity index (χ1v) is 12.6. The maximum absolute atomic E-state index is 13.5. The average Bonchev–Trinajstić information content (AvgIpc) is 3.07. The lowest BCUT2D eigenvalue weighted by atomic mass is 9.79. The molecule has 0 bridgehead atoms. The van der Waals surface area contributed by atoms with Crippen LogP contribution in [0.3, 0.4) is 0 Å². The van der Waals surface area contributed by atoms with Crippen molar-refractivity contribution >= 4 is 17.7 Å². The summed E-state index contributed by atoms with van der Waals surface area (Å²) in [7, 11) is 0. The highest BCUT2D eigenvalue weighted by Gasteiger charge is 2.51. The Morgan fingerprint density at radius 3 is 2.22 bits per heavy atom. The molecule has 2 saturated heterocycles. The predicted molar refractivity (Wildman–Crippen MR) is 122 cm³/mol. The van der Waals surface area contributed by atoms with E-state index in [9.17, 15) is 14.4 Å². The van der Waals surface area contributed by atoms with Crippen LogP contribution in [0.1, 0.15) is 65.2 Å². The lowest BCUT2D eigenvalue weighted by molar-refractivity contribution is -0.148. The molecule has 4 rings (SSSR count). The predicted octanol–water partition coefficient (Wildman–Crippen LogP) is 2.50. The highest BCUT2D eigenvalue weighted by atomic mass is 16.5. The second-order valence-corrected chi connectivity index (χ2v) is 10.4. The van der Waals surface area contributed by atoms with Gasteiger partial charge in [-0.15, -0.1) is 0 Å². The Balaban J connectivity index is 1.49. The number of fused-ring (bicyclic) bond motifs is 1.